The molecule has 3 aromatic carbocycles. The number of ketones is 3. The van der Waals surface area contributed by atoms with Gasteiger partial charge in [0.15, 0.2) is 11.6 Å². The molecular formula is C43H68O3. The van der Waals surface area contributed by atoms with Crippen LogP contribution in [0, 0.1) is 0 Å². The van der Waals surface area contributed by atoms with Gasteiger partial charge in [0.2, 0.25) is 0 Å². The first kappa shape index (κ1) is 47.1. The Morgan fingerprint density at radius 2 is 0.609 bits per heavy atom. The lowest BCUT2D eigenvalue weighted by atomic mass is 9.90. The Bertz CT molecular complexity index is 1070. The lowest BCUT2D eigenvalue weighted by molar-refractivity contribution is -0.117. The van der Waals surface area contributed by atoms with Gasteiger partial charge < -0.3 is 0 Å². The first-order valence-electron chi connectivity index (χ1n) is 17.4. The molecule has 4 aliphatic carbocycles. The smallest absolute Gasteiger partial charge is 0.164 e. The Labute approximate surface area is 284 Å². The van der Waals surface area contributed by atoms with Gasteiger partial charge in [-0.1, -0.05) is 143 Å². The molecule has 46 heavy (non-hydrogen) atoms. The van der Waals surface area contributed by atoms with Crippen LogP contribution in [0.5, 0.6) is 0 Å². The standard InChI is InChI=1S/C10H8O2.2C9H10.C5H8O.4C2H6.2CH4/c11-9-5-6-10(12)8-4-2-1-3-7(8)9;2*1-2-5-9-7-3-6-8(9)4-1;6-5-3-1-2-4-5;4*1-2;;/h1-4H,5-6H2;2*1-2,4-5H,3,6-7H2;1-4H2;4*1-2H3;2*1H4. The average molecular weight is 633 g/mol. The lowest BCUT2D eigenvalue weighted by Gasteiger charge is -2.11. The Kier molecular flexibility index (Phi) is 31.0. The van der Waals surface area contributed by atoms with Gasteiger partial charge in [-0.05, 0) is 73.6 Å². The quantitative estimate of drug-likeness (QED) is 0.248. The molecule has 0 saturated heterocycles. The molecule has 1 saturated carbocycles. The molecule has 3 aromatic rings. The van der Waals surface area contributed by atoms with Crippen molar-refractivity contribution in [2.24, 2.45) is 0 Å². The SMILES string of the molecule is C.C.CC.CC.CC.CC.O=C1CCC(=O)c2ccccc21.O=C1CCCC1.c1ccc2c(c1)CCC2.c1ccc2c(c1)CCC2. The Morgan fingerprint density at radius 1 is 0.348 bits per heavy atom. The summed E-state index contributed by atoms with van der Waals surface area (Å²) in [6.45, 7) is 16.0. The first-order chi connectivity index (χ1) is 21.6. The summed E-state index contributed by atoms with van der Waals surface area (Å²) in [6.07, 6.45) is 12.6. The summed E-state index contributed by atoms with van der Waals surface area (Å²) < 4.78 is 0. The maximum absolute atomic E-state index is 11.3. The van der Waals surface area contributed by atoms with Crippen LogP contribution in [0.2, 0.25) is 0 Å². The van der Waals surface area contributed by atoms with Crippen molar-refractivity contribution >= 4 is 17.3 Å². The van der Waals surface area contributed by atoms with Gasteiger partial charge in [0.25, 0.3) is 0 Å². The molecule has 0 amide bonds. The van der Waals surface area contributed by atoms with Crippen LogP contribution in [0.25, 0.3) is 0 Å². The fourth-order valence-corrected chi connectivity index (χ4v) is 5.26. The molecule has 0 aromatic heterocycles. The van der Waals surface area contributed by atoms with E-state index in [0.717, 1.165) is 25.7 Å². The van der Waals surface area contributed by atoms with Crippen molar-refractivity contribution in [1.82, 2.24) is 0 Å². The van der Waals surface area contributed by atoms with E-state index in [2.05, 4.69) is 48.5 Å². The topological polar surface area (TPSA) is 51.2 Å². The second-order valence-electron chi connectivity index (χ2n) is 9.88. The predicted octanol–water partition coefficient (Wildman–Crippen LogP) is 12.7. The second-order valence-corrected chi connectivity index (χ2v) is 9.88. The predicted molar refractivity (Wildman–Crippen MR) is 204 cm³/mol. The van der Waals surface area contributed by atoms with Gasteiger partial charge in [-0.25, -0.2) is 0 Å². The minimum absolute atomic E-state index is 0. The van der Waals surface area contributed by atoms with Crippen LogP contribution in [0.15, 0.2) is 72.8 Å². The van der Waals surface area contributed by atoms with E-state index < -0.39 is 0 Å². The van der Waals surface area contributed by atoms with E-state index in [1.165, 1.54) is 38.5 Å². The maximum atomic E-state index is 11.3. The van der Waals surface area contributed by atoms with Gasteiger partial charge >= 0.3 is 0 Å². The summed E-state index contributed by atoms with van der Waals surface area (Å²) in [5, 5.41) is 0. The fourth-order valence-electron chi connectivity index (χ4n) is 5.26. The number of carbonyl (C=O) groups is 3. The third-order valence-corrected chi connectivity index (χ3v) is 7.29. The van der Waals surface area contributed by atoms with Gasteiger partial charge in [0.1, 0.15) is 5.78 Å². The highest BCUT2D eigenvalue weighted by atomic mass is 16.1. The zero-order valence-electron chi connectivity index (χ0n) is 29.1. The van der Waals surface area contributed by atoms with E-state index in [9.17, 15) is 14.4 Å². The number of benzene rings is 3. The summed E-state index contributed by atoms with van der Waals surface area (Å²) in [7, 11) is 0. The Morgan fingerprint density at radius 3 is 0.848 bits per heavy atom. The molecule has 1 fully saturated rings. The highest BCUT2D eigenvalue weighted by Crippen LogP contribution is 2.22. The molecule has 3 heteroatoms. The summed E-state index contributed by atoms with van der Waals surface area (Å²) >= 11 is 0. The van der Waals surface area contributed by atoms with Crippen LogP contribution in [-0.4, -0.2) is 17.3 Å². The van der Waals surface area contributed by atoms with Crippen molar-refractivity contribution in [2.45, 2.75) is 147 Å². The summed E-state index contributed by atoms with van der Waals surface area (Å²) in [5.41, 5.74) is 7.45. The van der Waals surface area contributed by atoms with Crippen molar-refractivity contribution in [2.75, 3.05) is 0 Å². The zero-order valence-corrected chi connectivity index (χ0v) is 29.1. The Balaban J connectivity index is -0.000000500. The van der Waals surface area contributed by atoms with Gasteiger partial charge in [0.05, 0.1) is 0 Å². The second kappa shape index (κ2) is 30.3. The van der Waals surface area contributed by atoms with Crippen molar-refractivity contribution in [3.8, 4) is 0 Å². The van der Waals surface area contributed by atoms with Crippen molar-refractivity contribution in [3.63, 3.8) is 0 Å². The summed E-state index contributed by atoms with van der Waals surface area (Å²) in [6, 6.07) is 24.5. The zero-order chi connectivity index (χ0) is 33.2. The third-order valence-electron chi connectivity index (χ3n) is 7.29. The normalized spacial score (nSPS) is 13.7. The number of hydrogen-bond donors (Lipinski definition) is 0. The van der Waals surface area contributed by atoms with E-state index in [1.807, 2.05) is 55.4 Å². The number of Topliss-reactive ketones (excluding diaryl/α,β-unsaturated/α-hetero) is 3. The number of rotatable bonds is 0. The largest absolute Gasteiger partial charge is 0.300 e. The van der Waals surface area contributed by atoms with E-state index in [-0.39, 0.29) is 26.4 Å². The molecule has 258 valence electrons. The van der Waals surface area contributed by atoms with Gasteiger partial charge in [-0.3, -0.25) is 14.4 Å². The Hall–Kier alpha value is -3.33. The number of hydrogen-bond acceptors (Lipinski definition) is 3. The summed E-state index contributed by atoms with van der Waals surface area (Å²) in [5.74, 6) is 0.630. The van der Waals surface area contributed by atoms with Crippen molar-refractivity contribution < 1.29 is 14.4 Å². The molecular weight excluding hydrogens is 564 g/mol. The van der Waals surface area contributed by atoms with Crippen LogP contribution in [0.1, 0.15) is 165 Å². The highest BCUT2D eigenvalue weighted by molar-refractivity contribution is 6.13. The van der Waals surface area contributed by atoms with Crippen LogP contribution < -0.4 is 0 Å². The molecule has 0 heterocycles. The molecule has 0 radical (unpaired) electrons. The molecule has 0 bridgehead atoms. The number of aryl methyl sites for hydroxylation is 4. The minimum atomic E-state index is 0. The van der Waals surface area contributed by atoms with E-state index >= 15 is 0 Å². The van der Waals surface area contributed by atoms with E-state index in [0.29, 0.717) is 29.8 Å². The van der Waals surface area contributed by atoms with Crippen LogP contribution in [-0.2, 0) is 30.5 Å². The van der Waals surface area contributed by atoms with Crippen molar-refractivity contribution in [3.05, 3.63) is 106 Å². The number of fused-ring (bicyclic) bond motifs is 3. The number of carbonyl (C=O) groups excluding carboxylic acids is 3. The van der Waals surface area contributed by atoms with Crippen LogP contribution in [0.3, 0.4) is 0 Å². The first-order valence-corrected chi connectivity index (χ1v) is 17.4. The maximum Gasteiger partial charge on any atom is 0.164 e. The van der Waals surface area contributed by atoms with Gasteiger partial charge in [0, 0.05) is 36.8 Å². The molecule has 0 atom stereocenters. The summed E-state index contributed by atoms with van der Waals surface area (Å²) in [4.78, 5) is 32.8. The van der Waals surface area contributed by atoms with Crippen molar-refractivity contribution in [1.29, 1.82) is 0 Å². The molecule has 0 spiro atoms. The van der Waals surface area contributed by atoms with Gasteiger partial charge in [-0.2, -0.15) is 0 Å². The minimum Gasteiger partial charge on any atom is -0.300 e. The highest BCUT2D eigenvalue weighted by Gasteiger charge is 2.22. The molecule has 7 rings (SSSR count). The third kappa shape index (κ3) is 16.8. The van der Waals surface area contributed by atoms with Crippen LogP contribution in [0.4, 0.5) is 0 Å². The van der Waals surface area contributed by atoms with E-state index in [1.54, 1.807) is 46.5 Å². The van der Waals surface area contributed by atoms with E-state index in [4.69, 9.17) is 0 Å². The van der Waals surface area contributed by atoms with Crippen LogP contribution >= 0.6 is 0 Å². The fraction of sp³-hybridized carbons (Fsp3) is 0.512. The molecule has 0 N–H and O–H groups in total. The molecule has 3 nitrogen and oxygen atoms in total. The molecule has 0 unspecified atom stereocenters. The molecule has 0 aliphatic heterocycles. The monoisotopic (exact) mass is 633 g/mol. The lowest BCUT2D eigenvalue weighted by Crippen LogP contribution is -2.16. The molecule has 4 aliphatic rings. The average Bonchev–Trinajstić information content (AvgIpc) is 3.90. The van der Waals surface area contributed by atoms with Gasteiger partial charge in [-0.15, -0.1) is 0 Å².